The van der Waals surface area contributed by atoms with Gasteiger partial charge < -0.3 is 10.5 Å². The molecule has 2 aromatic rings. The van der Waals surface area contributed by atoms with Crippen LogP contribution in [0.1, 0.15) is 30.6 Å². The third kappa shape index (κ3) is 2.71. The molecular weight excluding hydrogens is 306 g/mol. The smallest absolute Gasteiger partial charge is 0.269 e. The fraction of sp³-hybridized carbons (Fsp3) is 0.278. The third-order valence-electron chi connectivity index (χ3n) is 4.07. The summed E-state index contributed by atoms with van der Waals surface area (Å²) in [6, 6.07) is 11.5. The Bertz CT molecular complexity index is 776. The molecule has 2 unspecified atom stereocenters. The van der Waals surface area contributed by atoms with Crippen molar-refractivity contribution in [1.82, 2.24) is 4.98 Å². The molecule has 1 amide bonds. The first-order chi connectivity index (χ1) is 11.5. The van der Waals surface area contributed by atoms with Crippen molar-refractivity contribution in [3.05, 3.63) is 48.0 Å². The Morgan fingerprint density at radius 2 is 2.00 bits per heavy atom. The molecule has 124 valence electrons. The van der Waals surface area contributed by atoms with Crippen molar-refractivity contribution >= 4 is 23.3 Å². The molecule has 0 spiro atoms. The van der Waals surface area contributed by atoms with E-state index in [1.165, 1.54) is 4.90 Å². The Labute approximate surface area is 140 Å². The molecular formula is C18H19N3O3. The highest BCUT2D eigenvalue weighted by Gasteiger charge is 2.39. The number of Topliss-reactive ketones (excluding diaryl/α,β-unsaturated/α-hetero) is 1. The monoisotopic (exact) mass is 325 g/mol. The molecule has 1 aliphatic rings. The second-order valence-corrected chi connectivity index (χ2v) is 5.69. The normalized spacial score (nSPS) is 17.8. The van der Waals surface area contributed by atoms with E-state index in [9.17, 15) is 9.59 Å². The molecule has 3 rings (SSSR count). The fourth-order valence-corrected chi connectivity index (χ4v) is 2.77. The largest absolute Gasteiger partial charge is 0.477 e. The van der Waals surface area contributed by atoms with Crippen molar-refractivity contribution in [1.29, 1.82) is 0 Å². The number of hydrogen-bond donors (Lipinski definition) is 1. The van der Waals surface area contributed by atoms with Crippen molar-refractivity contribution in [2.24, 2.45) is 0 Å². The summed E-state index contributed by atoms with van der Waals surface area (Å²) in [5.41, 5.74) is 6.30. The number of amides is 1. The molecule has 2 heterocycles. The first kappa shape index (κ1) is 16.0. The van der Waals surface area contributed by atoms with Gasteiger partial charge in [0.2, 0.25) is 0 Å². The Balaban J connectivity index is 2.03. The summed E-state index contributed by atoms with van der Waals surface area (Å²) in [6.45, 7) is 3.56. The number of benzene rings is 1. The van der Waals surface area contributed by atoms with Crippen LogP contribution in [0.3, 0.4) is 0 Å². The molecule has 0 fully saturated rings. The van der Waals surface area contributed by atoms with Gasteiger partial charge in [-0.3, -0.25) is 14.5 Å². The zero-order valence-corrected chi connectivity index (χ0v) is 13.6. The van der Waals surface area contributed by atoms with Gasteiger partial charge in [0, 0.05) is 5.56 Å². The average molecular weight is 325 g/mol. The lowest BCUT2D eigenvalue weighted by atomic mass is 10.0. The van der Waals surface area contributed by atoms with E-state index in [0.717, 1.165) is 0 Å². The van der Waals surface area contributed by atoms with Gasteiger partial charge in [0.25, 0.3) is 5.91 Å². The van der Waals surface area contributed by atoms with Gasteiger partial charge in [0.05, 0.1) is 6.04 Å². The van der Waals surface area contributed by atoms with Crippen LogP contribution >= 0.6 is 0 Å². The number of carbonyl (C=O) groups is 2. The number of fused-ring (bicyclic) bond motifs is 1. The number of anilines is 2. The molecule has 0 saturated carbocycles. The minimum absolute atomic E-state index is 0.157. The maximum Gasteiger partial charge on any atom is 0.269 e. The number of nitrogens with two attached hydrogens (primary N) is 1. The predicted octanol–water partition coefficient (Wildman–Crippen LogP) is 2.44. The van der Waals surface area contributed by atoms with Crippen LogP contribution in [0.4, 0.5) is 11.6 Å². The molecule has 1 aromatic heterocycles. The quantitative estimate of drug-likeness (QED) is 0.873. The van der Waals surface area contributed by atoms with Gasteiger partial charge in [-0.2, -0.15) is 0 Å². The molecule has 0 bridgehead atoms. The molecule has 6 heteroatoms. The van der Waals surface area contributed by atoms with Gasteiger partial charge in [-0.05, 0) is 25.5 Å². The zero-order chi connectivity index (χ0) is 17.3. The number of ketones is 1. The van der Waals surface area contributed by atoms with Crippen LogP contribution in [-0.2, 0) is 4.79 Å². The summed E-state index contributed by atoms with van der Waals surface area (Å²) in [5, 5.41) is 0. The van der Waals surface area contributed by atoms with Gasteiger partial charge in [-0.25, -0.2) is 4.98 Å². The van der Waals surface area contributed by atoms with Crippen LogP contribution in [0.5, 0.6) is 5.75 Å². The van der Waals surface area contributed by atoms with Crippen molar-refractivity contribution in [3.8, 4) is 5.75 Å². The first-order valence-corrected chi connectivity index (χ1v) is 7.88. The number of nitrogens with zero attached hydrogens (tertiary/aromatic N) is 2. The maximum atomic E-state index is 12.8. The van der Waals surface area contributed by atoms with E-state index in [0.29, 0.717) is 23.6 Å². The molecule has 2 N–H and O–H groups in total. The lowest BCUT2D eigenvalue weighted by Gasteiger charge is -2.36. The lowest BCUT2D eigenvalue weighted by molar-refractivity contribution is -0.126. The first-order valence-electron chi connectivity index (χ1n) is 7.88. The van der Waals surface area contributed by atoms with Crippen molar-refractivity contribution in [3.63, 3.8) is 0 Å². The second kappa shape index (κ2) is 6.31. The van der Waals surface area contributed by atoms with Gasteiger partial charge in [0.1, 0.15) is 5.82 Å². The molecule has 0 aliphatic carbocycles. The molecule has 1 aromatic carbocycles. The SMILES string of the molecule is CCC1Oc2ccc(N)nc2N(C(C)C(=O)c2ccccc2)C1=O. The van der Waals surface area contributed by atoms with E-state index < -0.39 is 12.1 Å². The van der Waals surface area contributed by atoms with Gasteiger partial charge in [0.15, 0.2) is 23.5 Å². The second-order valence-electron chi connectivity index (χ2n) is 5.69. The molecule has 6 nitrogen and oxygen atoms in total. The molecule has 2 atom stereocenters. The van der Waals surface area contributed by atoms with Crippen LogP contribution in [0.25, 0.3) is 0 Å². The average Bonchev–Trinajstić information content (AvgIpc) is 2.61. The van der Waals surface area contributed by atoms with Crippen molar-refractivity contribution in [2.75, 3.05) is 10.6 Å². The maximum absolute atomic E-state index is 12.8. The summed E-state index contributed by atoms with van der Waals surface area (Å²) >= 11 is 0. The Kier molecular flexibility index (Phi) is 4.20. The Morgan fingerprint density at radius 1 is 1.29 bits per heavy atom. The summed E-state index contributed by atoms with van der Waals surface area (Å²) in [5.74, 6) is 0.588. The highest BCUT2D eigenvalue weighted by atomic mass is 16.5. The summed E-state index contributed by atoms with van der Waals surface area (Å²) in [7, 11) is 0. The number of aromatic nitrogens is 1. The molecule has 0 radical (unpaired) electrons. The third-order valence-corrected chi connectivity index (χ3v) is 4.07. The highest BCUT2D eigenvalue weighted by Crippen LogP contribution is 2.35. The number of rotatable bonds is 4. The van der Waals surface area contributed by atoms with Crippen LogP contribution in [0.15, 0.2) is 42.5 Å². The standard InChI is InChI=1S/C18H19N3O3/c1-3-13-18(23)21(17-14(24-13)9-10-15(19)20-17)11(2)16(22)12-7-5-4-6-8-12/h4-11,13H,3H2,1-2H3,(H2,19,20). The number of pyridine rings is 1. The van der Waals surface area contributed by atoms with E-state index in [1.807, 2.05) is 13.0 Å². The van der Waals surface area contributed by atoms with E-state index >= 15 is 0 Å². The van der Waals surface area contributed by atoms with E-state index in [1.54, 1.807) is 43.3 Å². The number of nitrogen functional groups attached to an aromatic ring is 1. The number of hydrogen-bond acceptors (Lipinski definition) is 5. The number of carbonyl (C=O) groups excluding carboxylic acids is 2. The van der Waals surface area contributed by atoms with Gasteiger partial charge in [-0.1, -0.05) is 37.3 Å². The van der Waals surface area contributed by atoms with Crippen LogP contribution in [0.2, 0.25) is 0 Å². The highest BCUT2D eigenvalue weighted by molar-refractivity contribution is 6.09. The summed E-state index contributed by atoms with van der Waals surface area (Å²) in [6.07, 6.45) is -0.125. The zero-order valence-electron chi connectivity index (χ0n) is 13.6. The lowest BCUT2D eigenvalue weighted by Crippen LogP contribution is -2.52. The van der Waals surface area contributed by atoms with Gasteiger partial charge in [-0.15, -0.1) is 0 Å². The van der Waals surface area contributed by atoms with Crippen LogP contribution in [-0.4, -0.2) is 28.8 Å². The minimum atomic E-state index is -0.703. The van der Waals surface area contributed by atoms with Crippen LogP contribution < -0.4 is 15.4 Å². The summed E-state index contributed by atoms with van der Waals surface area (Å²) < 4.78 is 5.69. The van der Waals surface area contributed by atoms with Crippen LogP contribution in [0, 0.1) is 0 Å². The fourth-order valence-electron chi connectivity index (χ4n) is 2.77. The Morgan fingerprint density at radius 3 is 2.67 bits per heavy atom. The van der Waals surface area contributed by atoms with E-state index in [4.69, 9.17) is 10.5 Å². The minimum Gasteiger partial charge on any atom is -0.477 e. The number of ether oxygens (including phenoxy) is 1. The van der Waals surface area contributed by atoms with E-state index in [2.05, 4.69) is 4.98 Å². The van der Waals surface area contributed by atoms with Crippen molar-refractivity contribution in [2.45, 2.75) is 32.4 Å². The predicted molar refractivity (Wildman–Crippen MR) is 91.1 cm³/mol. The van der Waals surface area contributed by atoms with E-state index in [-0.39, 0.29) is 17.5 Å². The molecule has 1 aliphatic heterocycles. The molecule has 24 heavy (non-hydrogen) atoms. The summed E-state index contributed by atoms with van der Waals surface area (Å²) in [4.78, 5) is 31.2. The molecule has 0 saturated heterocycles. The Hall–Kier alpha value is -2.89. The topological polar surface area (TPSA) is 85.5 Å². The van der Waals surface area contributed by atoms with Crippen molar-refractivity contribution < 1.29 is 14.3 Å². The van der Waals surface area contributed by atoms with Gasteiger partial charge >= 0.3 is 0 Å².